The van der Waals surface area contributed by atoms with E-state index in [1.807, 2.05) is 36.4 Å². The molecule has 0 unspecified atom stereocenters. The lowest BCUT2D eigenvalue weighted by molar-refractivity contribution is 0.184. The number of aromatic nitrogens is 1. The number of nitrogens with zero attached hydrogens (tertiary/aromatic N) is 1. The van der Waals surface area contributed by atoms with Gasteiger partial charge in [-0.25, -0.2) is 0 Å². The molecule has 1 heterocycles. The first-order chi connectivity index (χ1) is 10.3. The number of nitrogens with one attached hydrogen (secondary N) is 1. The van der Waals surface area contributed by atoms with E-state index in [2.05, 4.69) is 17.2 Å². The molecular formula is C17H22N2O2. The highest BCUT2D eigenvalue weighted by atomic mass is 16.5. The van der Waals surface area contributed by atoms with Crippen LogP contribution < -0.4 is 10.1 Å². The van der Waals surface area contributed by atoms with Crippen LogP contribution in [0.25, 0.3) is 0 Å². The van der Waals surface area contributed by atoms with Crippen LogP contribution in [0.15, 0.2) is 42.6 Å². The standard InChI is InChI=1S/C17H22N2O2/c1-3-8-18-12-15-11-17(7-9-19-15)21-16-6-4-5-14(10-16)13-20-2/h4-7,9-11,18H,3,8,12-13H2,1-2H3. The van der Waals surface area contributed by atoms with Crippen molar-refractivity contribution in [2.75, 3.05) is 13.7 Å². The first-order valence-electron chi connectivity index (χ1n) is 7.23. The van der Waals surface area contributed by atoms with E-state index >= 15 is 0 Å². The molecule has 0 aliphatic heterocycles. The highest BCUT2D eigenvalue weighted by Crippen LogP contribution is 2.22. The lowest BCUT2D eigenvalue weighted by Crippen LogP contribution is -2.14. The number of pyridine rings is 1. The molecule has 0 aliphatic rings. The Morgan fingerprint density at radius 1 is 1.14 bits per heavy atom. The van der Waals surface area contributed by atoms with Crippen LogP contribution in [0.4, 0.5) is 0 Å². The second-order valence-electron chi connectivity index (χ2n) is 4.84. The molecule has 0 bridgehead atoms. The zero-order chi connectivity index (χ0) is 14.9. The monoisotopic (exact) mass is 286 g/mol. The number of methoxy groups -OCH3 is 1. The van der Waals surface area contributed by atoms with Crippen LogP contribution in [0.5, 0.6) is 11.5 Å². The van der Waals surface area contributed by atoms with Gasteiger partial charge in [-0.2, -0.15) is 0 Å². The lowest BCUT2D eigenvalue weighted by Gasteiger charge is -2.09. The molecule has 112 valence electrons. The molecule has 2 aromatic rings. The van der Waals surface area contributed by atoms with Gasteiger partial charge >= 0.3 is 0 Å². The molecule has 0 fully saturated rings. The third-order valence-corrected chi connectivity index (χ3v) is 2.97. The quantitative estimate of drug-likeness (QED) is 0.754. The molecule has 1 aromatic carbocycles. The fourth-order valence-corrected chi connectivity index (χ4v) is 2.01. The van der Waals surface area contributed by atoms with Gasteiger partial charge in [0.2, 0.25) is 0 Å². The van der Waals surface area contributed by atoms with E-state index in [4.69, 9.17) is 9.47 Å². The summed E-state index contributed by atoms with van der Waals surface area (Å²) in [6.07, 6.45) is 2.89. The van der Waals surface area contributed by atoms with Gasteiger partial charge in [0.05, 0.1) is 12.3 Å². The first kappa shape index (κ1) is 15.5. The van der Waals surface area contributed by atoms with Gasteiger partial charge in [-0.3, -0.25) is 4.98 Å². The molecular weight excluding hydrogens is 264 g/mol. The second-order valence-corrected chi connectivity index (χ2v) is 4.84. The summed E-state index contributed by atoms with van der Waals surface area (Å²) in [7, 11) is 1.69. The minimum Gasteiger partial charge on any atom is -0.457 e. The summed E-state index contributed by atoms with van der Waals surface area (Å²) in [5.74, 6) is 1.61. The zero-order valence-corrected chi connectivity index (χ0v) is 12.6. The van der Waals surface area contributed by atoms with Crippen LogP contribution in [0, 0.1) is 0 Å². The fraction of sp³-hybridized carbons (Fsp3) is 0.353. The van der Waals surface area contributed by atoms with E-state index < -0.39 is 0 Å². The topological polar surface area (TPSA) is 43.4 Å². The van der Waals surface area contributed by atoms with Gasteiger partial charge < -0.3 is 14.8 Å². The van der Waals surface area contributed by atoms with Crippen molar-refractivity contribution in [1.29, 1.82) is 0 Å². The van der Waals surface area contributed by atoms with Crippen LogP contribution in [0.3, 0.4) is 0 Å². The van der Waals surface area contributed by atoms with E-state index in [0.29, 0.717) is 6.61 Å². The van der Waals surface area contributed by atoms with Gasteiger partial charge in [-0.05, 0) is 36.7 Å². The third kappa shape index (κ3) is 5.17. The molecule has 0 saturated heterocycles. The maximum absolute atomic E-state index is 5.89. The van der Waals surface area contributed by atoms with Crippen molar-refractivity contribution in [3.63, 3.8) is 0 Å². The van der Waals surface area contributed by atoms with Crippen molar-refractivity contribution < 1.29 is 9.47 Å². The van der Waals surface area contributed by atoms with Gasteiger partial charge in [-0.1, -0.05) is 19.1 Å². The summed E-state index contributed by atoms with van der Waals surface area (Å²) in [6.45, 7) is 4.48. The summed E-state index contributed by atoms with van der Waals surface area (Å²) < 4.78 is 11.0. The lowest BCUT2D eigenvalue weighted by atomic mass is 10.2. The van der Waals surface area contributed by atoms with E-state index in [1.165, 1.54) is 0 Å². The average molecular weight is 286 g/mol. The van der Waals surface area contributed by atoms with Crippen LogP contribution in [0.2, 0.25) is 0 Å². The maximum atomic E-state index is 5.89. The molecule has 4 nitrogen and oxygen atoms in total. The Balaban J connectivity index is 2.01. The fourth-order valence-electron chi connectivity index (χ4n) is 2.01. The van der Waals surface area contributed by atoms with Crippen molar-refractivity contribution in [1.82, 2.24) is 10.3 Å². The van der Waals surface area contributed by atoms with Gasteiger partial charge in [0.15, 0.2) is 0 Å². The van der Waals surface area contributed by atoms with E-state index in [-0.39, 0.29) is 0 Å². The first-order valence-corrected chi connectivity index (χ1v) is 7.23. The van der Waals surface area contributed by atoms with Crippen LogP contribution >= 0.6 is 0 Å². The Hall–Kier alpha value is -1.91. The van der Waals surface area contributed by atoms with Crippen molar-refractivity contribution in [3.8, 4) is 11.5 Å². The smallest absolute Gasteiger partial charge is 0.130 e. The SMILES string of the molecule is CCCNCc1cc(Oc2cccc(COC)c2)ccn1. The maximum Gasteiger partial charge on any atom is 0.130 e. The van der Waals surface area contributed by atoms with Gasteiger partial charge in [0, 0.05) is 25.9 Å². The number of benzene rings is 1. The van der Waals surface area contributed by atoms with E-state index in [0.717, 1.165) is 42.3 Å². The van der Waals surface area contributed by atoms with Gasteiger partial charge in [0.25, 0.3) is 0 Å². The number of hydrogen-bond donors (Lipinski definition) is 1. The van der Waals surface area contributed by atoms with Crippen LogP contribution in [-0.2, 0) is 17.9 Å². The van der Waals surface area contributed by atoms with Crippen molar-refractivity contribution in [2.45, 2.75) is 26.5 Å². The van der Waals surface area contributed by atoms with Crippen LogP contribution in [-0.4, -0.2) is 18.6 Å². The Morgan fingerprint density at radius 3 is 2.81 bits per heavy atom. The summed E-state index contributed by atoms with van der Waals surface area (Å²) in [5.41, 5.74) is 2.07. The molecule has 2 rings (SSSR count). The number of ether oxygens (including phenoxy) is 2. The average Bonchev–Trinajstić information content (AvgIpc) is 2.49. The molecule has 0 aliphatic carbocycles. The summed E-state index contributed by atoms with van der Waals surface area (Å²) in [5, 5.41) is 3.33. The van der Waals surface area contributed by atoms with Crippen molar-refractivity contribution >= 4 is 0 Å². The van der Waals surface area contributed by atoms with Crippen molar-refractivity contribution in [3.05, 3.63) is 53.9 Å². The summed E-state index contributed by atoms with van der Waals surface area (Å²) in [4.78, 5) is 4.34. The molecule has 1 aromatic heterocycles. The Labute approximate surface area is 126 Å². The third-order valence-electron chi connectivity index (χ3n) is 2.97. The summed E-state index contributed by atoms with van der Waals surface area (Å²) >= 11 is 0. The molecule has 0 saturated carbocycles. The van der Waals surface area contributed by atoms with Gasteiger partial charge in [-0.15, -0.1) is 0 Å². The molecule has 0 atom stereocenters. The molecule has 4 heteroatoms. The molecule has 0 amide bonds. The molecule has 0 spiro atoms. The van der Waals surface area contributed by atoms with E-state index in [9.17, 15) is 0 Å². The Bertz CT molecular complexity index is 558. The second kappa shape index (κ2) is 8.39. The minimum absolute atomic E-state index is 0.583. The Morgan fingerprint density at radius 2 is 2.00 bits per heavy atom. The molecule has 21 heavy (non-hydrogen) atoms. The normalized spacial score (nSPS) is 10.6. The van der Waals surface area contributed by atoms with Crippen molar-refractivity contribution in [2.24, 2.45) is 0 Å². The molecule has 1 N–H and O–H groups in total. The highest BCUT2D eigenvalue weighted by molar-refractivity contribution is 5.34. The minimum atomic E-state index is 0.583. The predicted octanol–water partition coefficient (Wildman–Crippen LogP) is 3.52. The predicted molar refractivity (Wildman–Crippen MR) is 83.5 cm³/mol. The Kier molecular flexibility index (Phi) is 6.19. The van der Waals surface area contributed by atoms with Gasteiger partial charge in [0.1, 0.15) is 11.5 Å². The molecule has 0 radical (unpaired) electrons. The number of rotatable bonds is 8. The summed E-state index contributed by atoms with van der Waals surface area (Å²) in [6, 6.07) is 11.7. The van der Waals surface area contributed by atoms with E-state index in [1.54, 1.807) is 13.3 Å². The van der Waals surface area contributed by atoms with Crippen LogP contribution in [0.1, 0.15) is 24.6 Å². The highest BCUT2D eigenvalue weighted by Gasteiger charge is 2.01. The largest absolute Gasteiger partial charge is 0.457 e. The zero-order valence-electron chi connectivity index (χ0n) is 12.6. The number of hydrogen-bond acceptors (Lipinski definition) is 4.